The summed E-state index contributed by atoms with van der Waals surface area (Å²) >= 11 is 5.66. The first-order chi connectivity index (χ1) is 8.56. The van der Waals surface area contributed by atoms with Crippen LogP contribution in [0.4, 0.5) is 4.39 Å². The Morgan fingerprint density at radius 3 is 2.78 bits per heavy atom. The molecule has 0 radical (unpaired) electrons. The Morgan fingerprint density at radius 2 is 2.11 bits per heavy atom. The number of Topliss-reactive ketones (excluding diaryl/α,β-unsaturated/α-hetero) is 1. The first-order valence-corrected chi connectivity index (χ1v) is 5.83. The number of benzene rings is 1. The molecular weight excluding hydrogens is 253 g/mol. The normalized spacial score (nSPS) is 10.4. The summed E-state index contributed by atoms with van der Waals surface area (Å²) < 4.78 is 13.6. The van der Waals surface area contributed by atoms with Gasteiger partial charge in [-0.2, -0.15) is 0 Å². The van der Waals surface area contributed by atoms with E-state index in [1.807, 2.05) is 6.92 Å². The van der Waals surface area contributed by atoms with E-state index in [1.165, 1.54) is 18.3 Å². The predicted molar refractivity (Wildman–Crippen MR) is 68.4 cm³/mol. The van der Waals surface area contributed by atoms with Crippen LogP contribution >= 0.6 is 11.6 Å². The summed E-state index contributed by atoms with van der Waals surface area (Å²) in [6.45, 7) is 1.85. The zero-order valence-corrected chi connectivity index (χ0v) is 10.5. The molecule has 0 N–H and O–H groups in total. The van der Waals surface area contributed by atoms with E-state index in [2.05, 4.69) is 4.98 Å². The summed E-state index contributed by atoms with van der Waals surface area (Å²) in [7, 11) is 0. The number of aromatic nitrogens is 1. The highest BCUT2D eigenvalue weighted by Crippen LogP contribution is 2.16. The fourth-order valence-electron chi connectivity index (χ4n) is 1.65. The Balaban J connectivity index is 2.21. The first kappa shape index (κ1) is 12.7. The van der Waals surface area contributed by atoms with Crippen molar-refractivity contribution in [1.82, 2.24) is 4.98 Å². The number of halogens is 2. The molecule has 2 rings (SSSR count). The van der Waals surface area contributed by atoms with Gasteiger partial charge in [0.2, 0.25) is 0 Å². The lowest BCUT2D eigenvalue weighted by Crippen LogP contribution is -2.06. The Labute approximate surface area is 109 Å². The van der Waals surface area contributed by atoms with Crippen molar-refractivity contribution in [2.45, 2.75) is 13.3 Å². The molecule has 0 unspecified atom stereocenters. The van der Waals surface area contributed by atoms with Crippen molar-refractivity contribution in [3.8, 4) is 0 Å². The van der Waals surface area contributed by atoms with Crippen LogP contribution in [0.15, 0.2) is 36.7 Å². The van der Waals surface area contributed by atoms with Crippen molar-refractivity contribution in [3.63, 3.8) is 0 Å². The van der Waals surface area contributed by atoms with Gasteiger partial charge in [0.15, 0.2) is 5.78 Å². The third-order valence-electron chi connectivity index (χ3n) is 2.56. The molecule has 0 aliphatic rings. The molecular formula is C14H11ClFNO. The van der Waals surface area contributed by atoms with Crippen LogP contribution in [0.2, 0.25) is 5.02 Å². The van der Waals surface area contributed by atoms with E-state index in [-0.39, 0.29) is 12.2 Å². The number of hydrogen-bond acceptors (Lipinski definition) is 2. The minimum Gasteiger partial charge on any atom is -0.294 e. The van der Waals surface area contributed by atoms with Crippen LogP contribution in [-0.2, 0) is 6.42 Å². The molecule has 0 aliphatic carbocycles. The summed E-state index contributed by atoms with van der Waals surface area (Å²) in [4.78, 5) is 15.9. The van der Waals surface area contributed by atoms with E-state index in [0.717, 1.165) is 5.56 Å². The van der Waals surface area contributed by atoms with Crippen LogP contribution in [-0.4, -0.2) is 10.8 Å². The second kappa shape index (κ2) is 5.27. The maximum Gasteiger partial charge on any atom is 0.168 e. The lowest BCUT2D eigenvalue weighted by Gasteiger charge is -2.04. The third kappa shape index (κ3) is 2.93. The summed E-state index contributed by atoms with van der Waals surface area (Å²) in [5.74, 6) is -0.621. The molecule has 0 spiro atoms. The Bertz CT molecular complexity index is 598. The van der Waals surface area contributed by atoms with Crippen molar-refractivity contribution < 1.29 is 9.18 Å². The lowest BCUT2D eigenvalue weighted by atomic mass is 10.0. The molecule has 2 nitrogen and oxygen atoms in total. The van der Waals surface area contributed by atoms with Crippen molar-refractivity contribution in [2.24, 2.45) is 0 Å². The van der Waals surface area contributed by atoms with Crippen molar-refractivity contribution in [3.05, 3.63) is 64.2 Å². The van der Waals surface area contributed by atoms with Gasteiger partial charge in [-0.25, -0.2) is 4.39 Å². The van der Waals surface area contributed by atoms with Gasteiger partial charge >= 0.3 is 0 Å². The molecule has 4 heteroatoms. The molecule has 92 valence electrons. The summed E-state index contributed by atoms with van der Waals surface area (Å²) in [6.07, 6.45) is 3.16. The van der Waals surface area contributed by atoms with Gasteiger partial charge in [0, 0.05) is 29.4 Å². The highest BCUT2D eigenvalue weighted by molar-refractivity contribution is 6.30. The fraction of sp³-hybridized carbons (Fsp3) is 0.143. The number of carbonyl (C=O) groups excluding carboxylic acids is 1. The van der Waals surface area contributed by atoms with E-state index in [4.69, 9.17) is 11.6 Å². The average Bonchev–Trinajstić information content (AvgIpc) is 2.32. The lowest BCUT2D eigenvalue weighted by molar-refractivity contribution is 0.0991. The number of nitrogens with zero attached hydrogens (tertiary/aromatic N) is 1. The number of pyridine rings is 1. The number of aryl methyl sites for hydroxylation is 1. The first-order valence-electron chi connectivity index (χ1n) is 5.45. The van der Waals surface area contributed by atoms with E-state index >= 15 is 0 Å². The Morgan fingerprint density at radius 1 is 1.33 bits per heavy atom. The Kier molecular flexibility index (Phi) is 3.72. The second-order valence-corrected chi connectivity index (χ2v) is 4.52. The summed E-state index contributed by atoms with van der Waals surface area (Å²) in [5.41, 5.74) is 1.73. The molecule has 18 heavy (non-hydrogen) atoms. The molecule has 1 aromatic carbocycles. The van der Waals surface area contributed by atoms with Gasteiger partial charge in [-0.15, -0.1) is 0 Å². The third-order valence-corrected chi connectivity index (χ3v) is 2.80. The molecule has 0 amide bonds. The molecule has 0 fully saturated rings. The van der Waals surface area contributed by atoms with Crippen molar-refractivity contribution >= 4 is 17.4 Å². The standard InChI is InChI=1S/C14H11ClFNO/c1-9-4-11(8-17-7-9)14(18)5-10-2-3-12(15)6-13(10)16/h2-4,6-8H,5H2,1H3. The zero-order valence-electron chi connectivity index (χ0n) is 9.78. The quantitative estimate of drug-likeness (QED) is 0.792. The Hall–Kier alpha value is -1.74. The second-order valence-electron chi connectivity index (χ2n) is 4.09. The van der Waals surface area contributed by atoms with Gasteiger partial charge in [0.25, 0.3) is 0 Å². The summed E-state index contributed by atoms with van der Waals surface area (Å²) in [6, 6.07) is 6.04. The molecule has 0 aliphatic heterocycles. The van der Waals surface area contributed by atoms with Crippen LogP contribution in [0.1, 0.15) is 21.5 Å². The number of rotatable bonds is 3. The van der Waals surface area contributed by atoms with E-state index in [9.17, 15) is 9.18 Å². The van der Waals surface area contributed by atoms with E-state index in [1.54, 1.807) is 18.3 Å². The van der Waals surface area contributed by atoms with Crippen LogP contribution in [0.25, 0.3) is 0 Å². The van der Waals surface area contributed by atoms with Gasteiger partial charge in [-0.05, 0) is 36.2 Å². The number of ketones is 1. The van der Waals surface area contributed by atoms with Gasteiger partial charge < -0.3 is 0 Å². The molecule has 0 bridgehead atoms. The maximum atomic E-state index is 13.6. The fourth-order valence-corrected chi connectivity index (χ4v) is 1.81. The monoisotopic (exact) mass is 263 g/mol. The zero-order chi connectivity index (χ0) is 13.1. The number of hydrogen-bond donors (Lipinski definition) is 0. The minimum absolute atomic E-state index is 0.00807. The summed E-state index contributed by atoms with van der Waals surface area (Å²) in [5, 5.41) is 0.320. The highest BCUT2D eigenvalue weighted by Gasteiger charge is 2.11. The van der Waals surface area contributed by atoms with Crippen LogP contribution in [0, 0.1) is 12.7 Å². The van der Waals surface area contributed by atoms with Gasteiger partial charge in [0.1, 0.15) is 5.82 Å². The van der Waals surface area contributed by atoms with Crippen LogP contribution in [0.3, 0.4) is 0 Å². The van der Waals surface area contributed by atoms with Crippen molar-refractivity contribution in [2.75, 3.05) is 0 Å². The maximum absolute atomic E-state index is 13.6. The SMILES string of the molecule is Cc1cncc(C(=O)Cc2ccc(Cl)cc2F)c1. The molecule has 2 aromatic rings. The van der Waals surface area contributed by atoms with Crippen molar-refractivity contribution in [1.29, 1.82) is 0 Å². The molecule has 1 heterocycles. The average molecular weight is 264 g/mol. The van der Waals surface area contributed by atoms with Crippen LogP contribution in [0.5, 0.6) is 0 Å². The van der Waals surface area contributed by atoms with Gasteiger partial charge in [-0.3, -0.25) is 9.78 Å². The van der Waals surface area contributed by atoms with Gasteiger partial charge in [0.05, 0.1) is 0 Å². The number of carbonyl (C=O) groups is 1. The minimum atomic E-state index is -0.462. The molecule has 0 saturated carbocycles. The van der Waals surface area contributed by atoms with Crippen LogP contribution < -0.4 is 0 Å². The van der Waals surface area contributed by atoms with E-state index < -0.39 is 5.82 Å². The molecule has 0 atom stereocenters. The molecule has 0 saturated heterocycles. The predicted octanol–water partition coefficient (Wildman–Crippen LogP) is 3.61. The smallest absolute Gasteiger partial charge is 0.168 e. The topological polar surface area (TPSA) is 30.0 Å². The molecule has 1 aromatic heterocycles. The van der Waals surface area contributed by atoms with Gasteiger partial charge in [-0.1, -0.05) is 17.7 Å². The highest BCUT2D eigenvalue weighted by atomic mass is 35.5. The largest absolute Gasteiger partial charge is 0.294 e. The van der Waals surface area contributed by atoms with E-state index in [0.29, 0.717) is 16.1 Å².